The van der Waals surface area contributed by atoms with E-state index in [0.29, 0.717) is 5.56 Å². The Bertz CT molecular complexity index is 385. The summed E-state index contributed by atoms with van der Waals surface area (Å²) in [7, 11) is 0. The molecule has 1 aromatic carbocycles. The molecule has 1 rings (SSSR count). The Kier molecular flexibility index (Phi) is 5.65. The van der Waals surface area contributed by atoms with Crippen molar-refractivity contribution in [3.63, 3.8) is 0 Å². The molecular weight excluding hydrogens is 292 g/mol. The Morgan fingerprint density at radius 2 is 2.25 bits per heavy atom. The van der Waals surface area contributed by atoms with Gasteiger partial charge in [-0.15, -0.1) is 11.8 Å². The van der Waals surface area contributed by atoms with Crippen LogP contribution in [0.4, 0.5) is 0 Å². The van der Waals surface area contributed by atoms with Crippen LogP contribution in [0.2, 0.25) is 0 Å². The second-order valence-electron chi connectivity index (χ2n) is 3.05. The minimum absolute atomic E-state index is 0.0822. The molecule has 16 heavy (non-hydrogen) atoms. The molecule has 6 heteroatoms. The van der Waals surface area contributed by atoms with Crippen molar-refractivity contribution >= 4 is 33.5 Å². The van der Waals surface area contributed by atoms with Crippen molar-refractivity contribution in [2.24, 2.45) is 10.9 Å². The number of aliphatic hydroxyl groups excluding tert-OH is 1. The number of hydrogen-bond acceptors (Lipinski definition) is 4. The van der Waals surface area contributed by atoms with Gasteiger partial charge in [0.15, 0.2) is 5.84 Å². The zero-order chi connectivity index (χ0) is 12.0. The average molecular weight is 305 g/mol. The molecule has 0 heterocycles. The van der Waals surface area contributed by atoms with Crippen molar-refractivity contribution in [2.45, 2.75) is 11.3 Å². The molecule has 0 atom stereocenters. The first-order valence-corrected chi connectivity index (χ1v) is 6.48. The predicted octanol–water partition coefficient (Wildman–Crippen LogP) is 2.02. The Balaban J connectivity index is 2.75. The highest BCUT2D eigenvalue weighted by atomic mass is 79.9. The van der Waals surface area contributed by atoms with Gasteiger partial charge in [-0.3, -0.25) is 0 Å². The van der Waals surface area contributed by atoms with E-state index in [9.17, 15) is 0 Å². The molecular formula is C10H13BrN2O2S. The van der Waals surface area contributed by atoms with Crippen LogP contribution < -0.4 is 5.73 Å². The van der Waals surface area contributed by atoms with Gasteiger partial charge in [-0.2, -0.15) is 0 Å². The van der Waals surface area contributed by atoms with Gasteiger partial charge in [0.2, 0.25) is 0 Å². The molecule has 0 spiro atoms. The number of nitrogens with two attached hydrogens (primary N) is 1. The quantitative estimate of drug-likeness (QED) is 0.194. The Morgan fingerprint density at radius 3 is 2.81 bits per heavy atom. The molecule has 0 radical (unpaired) electrons. The van der Waals surface area contributed by atoms with Crippen LogP contribution in [0.5, 0.6) is 0 Å². The fourth-order valence-electron chi connectivity index (χ4n) is 1.10. The second-order valence-corrected chi connectivity index (χ2v) is 5.08. The zero-order valence-corrected chi connectivity index (χ0v) is 11.0. The van der Waals surface area contributed by atoms with Crippen molar-refractivity contribution in [3.05, 3.63) is 28.2 Å². The lowest BCUT2D eigenvalue weighted by atomic mass is 10.2. The van der Waals surface area contributed by atoms with E-state index < -0.39 is 0 Å². The van der Waals surface area contributed by atoms with Gasteiger partial charge in [-0.05, 0) is 40.5 Å². The summed E-state index contributed by atoms with van der Waals surface area (Å²) < 4.78 is 0.789. The van der Waals surface area contributed by atoms with Gasteiger partial charge in [0.25, 0.3) is 0 Å². The first-order valence-electron chi connectivity index (χ1n) is 4.70. The molecule has 1 aromatic rings. The highest BCUT2D eigenvalue weighted by molar-refractivity contribution is 9.10. The van der Waals surface area contributed by atoms with E-state index >= 15 is 0 Å². The van der Waals surface area contributed by atoms with E-state index in [1.165, 1.54) is 0 Å². The van der Waals surface area contributed by atoms with Crippen LogP contribution in [-0.4, -0.2) is 28.5 Å². The number of nitrogens with zero attached hydrogens (tertiary/aromatic N) is 1. The van der Waals surface area contributed by atoms with Crippen molar-refractivity contribution in [1.29, 1.82) is 0 Å². The minimum Gasteiger partial charge on any atom is -0.409 e. The molecule has 0 saturated heterocycles. The smallest absolute Gasteiger partial charge is 0.171 e. The van der Waals surface area contributed by atoms with E-state index in [0.717, 1.165) is 21.5 Å². The summed E-state index contributed by atoms with van der Waals surface area (Å²) in [5.41, 5.74) is 6.16. The number of amidine groups is 1. The third-order valence-corrected chi connectivity index (χ3v) is 3.63. The van der Waals surface area contributed by atoms with E-state index in [2.05, 4.69) is 21.1 Å². The summed E-state index contributed by atoms with van der Waals surface area (Å²) in [6, 6.07) is 5.61. The Hall–Kier alpha value is -0.720. The SMILES string of the molecule is N/C(=N/O)c1ccc(SCCCO)cc1Br. The van der Waals surface area contributed by atoms with Gasteiger partial charge in [0.1, 0.15) is 0 Å². The summed E-state index contributed by atoms with van der Waals surface area (Å²) in [6.07, 6.45) is 0.768. The lowest BCUT2D eigenvalue weighted by Crippen LogP contribution is -2.13. The lowest BCUT2D eigenvalue weighted by Gasteiger charge is -2.05. The summed E-state index contributed by atoms with van der Waals surface area (Å²) in [5.74, 6) is 0.949. The first kappa shape index (κ1) is 13.3. The molecule has 0 amide bonds. The number of hydrogen-bond donors (Lipinski definition) is 3. The second kappa shape index (κ2) is 6.78. The van der Waals surface area contributed by atoms with Crippen molar-refractivity contribution in [3.8, 4) is 0 Å². The molecule has 0 fully saturated rings. The third-order valence-electron chi connectivity index (χ3n) is 1.90. The zero-order valence-electron chi connectivity index (χ0n) is 8.56. The molecule has 0 aliphatic rings. The Labute approximate surface area is 107 Å². The molecule has 88 valence electrons. The maximum Gasteiger partial charge on any atom is 0.171 e. The highest BCUT2D eigenvalue weighted by Crippen LogP contribution is 2.25. The molecule has 4 nitrogen and oxygen atoms in total. The number of oxime groups is 1. The van der Waals surface area contributed by atoms with Crippen molar-refractivity contribution in [2.75, 3.05) is 12.4 Å². The fourth-order valence-corrected chi connectivity index (χ4v) is 2.71. The van der Waals surface area contributed by atoms with Crippen LogP contribution in [0, 0.1) is 0 Å². The van der Waals surface area contributed by atoms with E-state index in [1.54, 1.807) is 17.8 Å². The third kappa shape index (κ3) is 3.70. The van der Waals surface area contributed by atoms with Crippen LogP contribution in [-0.2, 0) is 0 Å². The monoisotopic (exact) mass is 304 g/mol. The molecule has 0 unspecified atom stereocenters. The van der Waals surface area contributed by atoms with Crippen LogP contribution in [0.15, 0.2) is 32.7 Å². The number of rotatable bonds is 5. The summed E-state index contributed by atoms with van der Waals surface area (Å²) in [6.45, 7) is 0.205. The maximum atomic E-state index is 8.67. The van der Waals surface area contributed by atoms with Crippen LogP contribution in [0.25, 0.3) is 0 Å². The molecule has 4 N–H and O–H groups in total. The van der Waals surface area contributed by atoms with Gasteiger partial charge < -0.3 is 16.0 Å². The van der Waals surface area contributed by atoms with Gasteiger partial charge in [-0.25, -0.2) is 0 Å². The first-order chi connectivity index (χ1) is 7.69. The number of benzene rings is 1. The lowest BCUT2D eigenvalue weighted by molar-refractivity contribution is 0.296. The normalized spacial score (nSPS) is 11.8. The highest BCUT2D eigenvalue weighted by Gasteiger charge is 2.05. The summed E-state index contributed by atoms with van der Waals surface area (Å²) in [5, 5.41) is 20.2. The summed E-state index contributed by atoms with van der Waals surface area (Å²) >= 11 is 5.02. The van der Waals surface area contributed by atoms with Crippen LogP contribution >= 0.6 is 27.7 Å². The van der Waals surface area contributed by atoms with E-state index in [4.69, 9.17) is 16.0 Å². The van der Waals surface area contributed by atoms with Gasteiger partial charge in [0, 0.05) is 27.3 Å². The molecule has 0 aromatic heterocycles. The predicted molar refractivity (Wildman–Crippen MR) is 69.1 cm³/mol. The van der Waals surface area contributed by atoms with Gasteiger partial charge in [-0.1, -0.05) is 5.16 Å². The van der Waals surface area contributed by atoms with Crippen molar-refractivity contribution < 1.29 is 10.3 Å². The van der Waals surface area contributed by atoms with Gasteiger partial charge >= 0.3 is 0 Å². The number of halogens is 1. The largest absolute Gasteiger partial charge is 0.409 e. The fraction of sp³-hybridized carbons (Fsp3) is 0.300. The molecule has 0 bridgehead atoms. The molecule has 0 aliphatic heterocycles. The van der Waals surface area contributed by atoms with E-state index in [1.807, 2.05) is 12.1 Å². The van der Waals surface area contributed by atoms with E-state index in [-0.39, 0.29) is 12.4 Å². The standard InChI is InChI=1S/C10H13BrN2O2S/c11-9-6-7(16-5-1-4-14)2-3-8(9)10(12)13-15/h2-3,6,14-15H,1,4-5H2,(H2,12,13). The molecule has 0 aliphatic carbocycles. The van der Waals surface area contributed by atoms with Crippen molar-refractivity contribution in [1.82, 2.24) is 0 Å². The average Bonchev–Trinajstić information content (AvgIpc) is 2.29. The van der Waals surface area contributed by atoms with Crippen LogP contribution in [0.1, 0.15) is 12.0 Å². The van der Waals surface area contributed by atoms with Crippen LogP contribution in [0.3, 0.4) is 0 Å². The van der Waals surface area contributed by atoms with Gasteiger partial charge in [0.05, 0.1) is 0 Å². The number of thioether (sulfide) groups is 1. The minimum atomic E-state index is 0.0822. The topological polar surface area (TPSA) is 78.8 Å². The molecule has 0 saturated carbocycles. The number of aliphatic hydroxyl groups is 1. The Morgan fingerprint density at radius 1 is 1.50 bits per heavy atom. The summed E-state index contributed by atoms with van der Waals surface area (Å²) in [4.78, 5) is 1.08. The maximum absolute atomic E-state index is 8.67.